The Labute approximate surface area is 108 Å². The van der Waals surface area contributed by atoms with Crippen molar-refractivity contribution in [3.05, 3.63) is 36.0 Å². The Hall–Kier alpha value is -0.990. The van der Waals surface area contributed by atoms with Gasteiger partial charge in [0.1, 0.15) is 0 Å². The smallest absolute Gasteiger partial charge is 0.0457 e. The van der Waals surface area contributed by atoms with E-state index in [4.69, 9.17) is 5.73 Å². The van der Waals surface area contributed by atoms with Crippen LogP contribution in [-0.2, 0) is 0 Å². The monoisotopic (exact) mass is 250 g/mol. The molecule has 1 fully saturated rings. The molecule has 0 radical (unpaired) electrons. The highest BCUT2D eigenvalue weighted by Gasteiger charge is 2.24. The number of aromatic amines is 1. The minimum atomic E-state index is 0. The minimum absolute atomic E-state index is 0. The van der Waals surface area contributed by atoms with Gasteiger partial charge in [-0.1, -0.05) is 25.0 Å². The summed E-state index contributed by atoms with van der Waals surface area (Å²) < 4.78 is 0. The lowest BCUT2D eigenvalue weighted by molar-refractivity contribution is 0.447. The third-order valence-corrected chi connectivity index (χ3v) is 3.90. The fraction of sp³-hybridized carbons (Fsp3) is 0.429. The Kier molecular flexibility index (Phi) is 3.75. The first-order valence-corrected chi connectivity index (χ1v) is 6.18. The van der Waals surface area contributed by atoms with Crippen LogP contribution in [0.25, 0.3) is 10.9 Å². The van der Waals surface area contributed by atoms with Gasteiger partial charge in [0.25, 0.3) is 0 Å². The van der Waals surface area contributed by atoms with Crippen molar-refractivity contribution in [1.29, 1.82) is 0 Å². The van der Waals surface area contributed by atoms with Crippen molar-refractivity contribution in [3.63, 3.8) is 0 Å². The molecule has 3 N–H and O–H groups in total. The number of nitrogens with two attached hydrogens (primary N) is 1. The van der Waals surface area contributed by atoms with E-state index in [1.54, 1.807) is 0 Å². The molecule has 1 aromatic heterocycles. The van der Waals surface area contributed by atoms with E-state index in [2.05, 4.69) is 29.2 Å². The van der Waals surface area contributed by atoms with E-state index in [1.807, 2.05) is 6.20 Å². The zero-order valence-electron chi connectivity index (χ0n) is 9.86. The highest BCUT2D eigenvalue weighted by Crippen LogP contribution is 2.36. The summed E-state index contributed by atoms with van der Waals surface area (Å²) in [5.41, 5.74) is 8.92. The maximum Gasteiger partial charge on any atom is 0.0457 e. The van der Waals surface area contributed by atoms with E-state index in [0.29, 0.717) is 5.92 Å². The van der Waals surface area contributed by atoms with Gasteiger partial charge in [-0.3, -0.25) is 0 Å². The van der Waals surface area contributed by atoms with Crippen molar-refractivity contribution in [2.75, 3.05) is 0 Å². The number of halogens is 1. The van der Waals surface area contributed by atoms with E-state index >= 15 is 0 Å². The molecule has 1 aromatic carbocycles. The summed E-state index contributed by atoms with van der Waals surface area (Å²) >= 11 is 0. The van der Waals surface area contributed by atoms with Crippen LogP contribution in [-0.4, -0.2) is 4.98 Å². The van der Waals surface area contributed by atoms with E-state index in [0.717, 1.165) is 0 Å². The molecule has 0 bridgehead atoms. The molecule has 92 valence electrons. The van der Waals surface area contributed by atoms with Crippen molar-refractivity contribution in [3.8, 4) is 0 Å². The Bertz CT molecular complexity index is 486. The van der Waals surface area contributed by atoms with E-state index in [1.165, 1.54) is 42.1 Å². The van der Waals surface area contributed by atoms with Crippen molar-refractivity contribution in [1.82, 2.24) is 4.98 Å². The third-order valence-electron chi connectivity index (χ3n) is 3.90. The summed E-state index contributed by atoms with van der Waals surface area (Å²) in [6.07, 6.45) is 7.28. The second kappa shape index (κ2) is 5.11. The number of aromatic nitrogens is 1. The fourth-order valence-corrected chi connectivity index (χ4v) is 2.97. The fourth-order valence-electron chi connectivity index (χ4n) is 2.97. The average Bonchev–Trinajstić information content (AvgIpc) is 2.98. The number of benzene rings is 1. The molecule has 0 spiro atoms. The number of rotatable bonds is 2. The number of H-pyrrole nitrogens is 1. The Morgan fingerprint density at radius 3 is 2.71 bits per heavy atom. The lowest BCUT2D eigenvalue weighted by Crippen LogP contribution is -2.19. The van der Waals surface area contributed by atoms with Gasteiger partial charge >= 0.3 is 0 Å². The molecule has 17 heavy (non-hydrogen) atoms. The summed E-state index contributed by atoms with van der Waals surface area (Å²) in [7, 11) is 0. The van der Waals surface area contributed by atoms with Crippen molar-refractivity contribution in [2.45, 2.75) is 31.7 Å². The van der Waals surface area contributed by atoms with E-state index in [9.17, 15) is 0 Å². The van der Waals surface area contributed by atoms with Crippen LogP contribution in [0.5, 0.6) is 0 Å². The lowest BCUT2D eigenvalue weighted by atomic mass is 9.90. The highest BCUT2D eigenvalue weighted by atomic mass is 35.5. The Balaban J connectivity index is 0.00000108. The summed E-state index contributed by atoms with van der Waals surface area (Å²) in [6, 6.07) is 8.74. The lowest BCUT2D eigenvalue weighted by Gasteiger charge is -2.20. The summed E-state index contributed by atoms with van der Waals surface area (Å²) in [4.78, 5) is 3.25. The van der Waals surface area contributed by atoms with Gasteiger partial charge in [0.05, 0.1) is 0 Å². The SMILES string of the molecule is Cl.N[C@H](c1cccc2[nH]ccc12)C1CCCC1. The van der Waals surface area contributed by atoms with Crippen LogP contribution in [0.2, 0.25) is 0 Å². The molecule has 0 saturated heterocycles. The zero-order chi connectivity index (χ0) is 11.0. The number of nitrogens with one attached hydrogen (secondary N) is 1. The van der Waals surface area contributed by atoms with Crippen LogP contribution in [0.3, 0.4) is 0 Å². The molecule has 3 heteroatoms. The van der Waals surface area contributed by atoms with E-state index < -0.39 is 0 Å². The molecule has 3 rings (SSSR count). The van der Waals surface area contributed by atoms with Crippen LogP contribution in [0.1, 0.15) is 37.3 Å². The molecule has 1 atom stereocenters. The van der Waals surface area contributed by atoms with Crippen molar-refractivity contribution >= 4 is 23.3 Å². The van der Waals surface area contributed by atoms with Gasteiger partial charge in [0, 0.05) is 23.1 Å². The van der Waals surface area contributed by atoms with Gasteiger partial charge in [0.2, 0.25) is 0 Å². The normalized spacial score (nSPS) is 18.2. The first kappa shape index (κ1) is 12.5. The maximum absolute atomic E-state index is 6.41. The predicted octanol–water partition coefficient (Wildman–Crippen LogP) is 3.78. The van der Waals surface area contributed by atoms with Gasteiger partial charge in [-0.15, -0.1) is 12.4 Å². The Morgan fingerprint density at radius 2 is 1.94 bits per heavy atom. The second-order valence-corrected chi connectivity index (χ2v) is 4.86. The molecule has 2 aromatic rings. The number of hydrogen-bond acceptors (Lipinski definition) is 1. The number of fused-ring (bicyclic) bond motifs is 1. The summed E-state index contributed by atoms with van der Waals surface area (Å²) in [6.45, 7) is 0. The molecule has 0 amide bonds. The average molecular weight is 251 g/mol. The van der Waals surface area contributed by atoms with Gasteiger partial charge in [-0.05, 0) is 36.5 Å². The standard InChI is InChI=1S/C14H18N2.ClH/c15-14(10-4-1-2-5-10)12-6-3-7-13-11(12)8-9-16-13;/h3,6-10,14,16H,1-2,4-5,15H2;1H/t14-;/m0./s1. The summed E-state index contributed by atoms with van der Waals surface area (Å²) in [5, 5.41) is 1.29. The quantitative estimate of drug-likeness (QED) is 0.837. The van der Waals surface area contributed by atoms with Crippen LogP contribution in [0, 0.1) is 5.92 Å². The largest absolute Gasteiger partial charge is 0.361 e. The molecular weight excluding hydrogens is 232 g/mol. The third kappa shape index (κ3) is 2.20. The van der Waals surface area contributed by atoms with Crippen LogP contribution >= 0.6 is 12.4 Å². The zero-order valence-corrected chi connectivity index (χ0v) is 10.7. The van der Waals surface area contributed by atoms with Gasteiger partial charge in [-0.25, -0.2) is 0 Å². The maximum atomic E-state index is 6.41. The van der Waals surface area contributed by atoms with Gasteiger partial charge in [0.15, 0.2) is 0 Å². The molecule has 2 nitrogen and oxygen atoms in total. The van der Waals surface area contributed by atoms with E-state index in [-0.39, 0.29) is 18.4 Å². The van der Waals surface area contributed by atoms with Crippen molar-refractivity contribution < 1.29 is 0 Å². The highest BCUT2D eigenvalue weighted by molar-refractivity contribution is 5.85. The van der Waals surface area contributed by atoms with Crippen LogP contribution in [0.15, 0.2) is 30.5 Å². The van der Waals surface area contributed by atoms with Crippen molar-refractivity contribution in [2.24, 2.45) is 11.7 Å². The molecule has 0 unspecified atom stereocenters. The minimum Gasteiger partial charge on any atom is -0.361 e. The first-order valence-electron chi connectivity index (χ1n) is 6.18. The first-order chi connectivity index (χ1) is 7.86. The van der Waals surface area contributed by atoms with Crippen LogP contribution in [0.4, 0.5) is 0 Å². The number of hydrogen-bond donors (Lipinski definition) is 2. The van der Waals surface area contributed by atoms with Gasteiger partial charge < -0.3 is 10.7 Å². The topological polar surface area (TPSA) is 41.8 Å². The Morgan fingerprint density at radius 1 is 1.18 bits per heavy atom. The molecule has 1 aliphatic carbocycles. The van der Waals surface area contributed by atoms with Gasteiger partial charge in [-0.2, -0.15) is 0 Å². The summed E-state index contributed by atoms with van der Waals surface area (Å²) in [5.74, 6) is 0.681. The second-order valence-electron chi connectivity index (χ2n) is 4.86. The molecule has 1 heterocycles. The molecule has 1 saturated carbocycles. The molecular formula is C14H19ClN2. The predicted molar refractivity (Wildman–Crippen MR) is 74.4 cm³/mol. The van der Waals surface area contributed by atoms with Crippen LogP contribution < -0.4 is 5.73 Å². The molecule has 0 aliphatic heterocycles. The molecule has 1 aliphatic rings.